The van der Waals surface area contributed by atoms with Gasteiger partial charge in [0.25, 0.3) is 5.69 Å². The van der Waals surface area contributed by atoms with Crippen molar-refractivity contribution in [3.8, 4) is 5.75 Å². The zero-order chi connectivity index (χ0) is 13.7. The maximum absolute atomic E-state index is 10.7. The van der Waals surface area contributed by atoms with E-state index in [4.69, 9.17) is 4.74 Å². The van der Waals surface area contributed by atoms with Crippen LogP contribution in [0, 0.1) is 10.1 Å². The lowest BCUT2D eigenvalue weighted by molar-refractivity contribution is -0.385. The highest BCUT2D eigenvalue weighted by Crippen LogP contribution is 2.28. The Kier molecular flexibility index (Phi) is 5.39. The number of thiol groups is 1. The van der Waals surface area contributed by atoms with E-state index in [1.807, 2.05) is 0 Å². The third-order valence-electron chi connectivity index (χ3n) is 2.49. The zero-order valence-electron chi connectivity index (χ0n) is 9.81. The predicted octanol–water partition coefficient (Wildman–Crippen LogP) is 1.32. The smallest absolute Gasteiger partial charge is 0.273 e. The Balaban J connectivity index is 3.07. The Labute approximate surface area is 110 Å². The first-order valence-electron chi connectivity index (χ1n) is 5.30. The van der Waals surface area contributed by atoms with Gasteiger partial charge in [0.05, 0.1) is 24.2 Å². The molecule has 2 unspecified atom stereocenters. The topological polar surface area (TPSA) is 92.8 Å². The van der Waals surface area contributed by atoms with Crippen molar-refractivity contribution in [2.24, 2.45) is 0 Å². The van der Waals surface area contributed by atoms with Gasteiger partial charge in [0.2, 0.25) is 0 Å². The average Bonchev–Trinajstić information content (AvgIpc) is 2.37. The number of benzene rings is 1. The van der Waals surface area contributed by atoms with Gasteiger partial charge in [-0.1, -0.05) is 0 Å². The van der Waals surface area contributed by atoms with Crippen LogP contribution in [0.5, 0.6) is 5.75 Å². The molecule has 1 aromatic rings. The molecular weight excluding hydrogens is 258 g/mol. The van der Waals surface area contributed by atoms with Gasteiger partial charge in [-0.2, -0.15) is 12.6 Å². The van der Waals surface area contributed by atoms with E-state index in [-0.39, 0.29) is 23.4 Å². The van der Waals surface area contributed by atoms with Crippen molar-refractivity contribution >= 4 is 18.3 Å². The van der Waals surface area contributed by atoms with Gasteiger partial charge < -0.3 is 14.9 Å². The van der Waals surface area contributed by atoms with Gasteiger partial charge in [-0.05, 0) is 23.8 Å². The normalized spacial score (nSPS) is 14.0. The van der Waals surface area contributed by atoms with E-state index < -0.39 is 17.1 Å². The molecule has 0 saturated carbocycles. The van der Waals surface area contributed by atoms with Crippen LogP contribution in [0.2, 0.25) is 0 Å². The molecule has 18 heavy (non-hydrogen) atoms. The standard InChI is InChI=1S/C11H15NO5S/c1-17-9-5-7(4-8(6-9)12(15)16)11(14)10(13)2-3-18/h4-6,10-11,13-14,18H,2-3H2,1H3. The molecule has 0 spiro atoms. The van der Waals surface area contributed by atoms with Gasteiger partial charge in [-0.3, -0.25) is 10.1 Å². The van der Waals surface area contributed by atoms with E-state index in [0.29, 0.717) is 5.75 Å². The largest absolute Gasteiger partial charge is 0.496 e. The van der Waals surface area contributed by atoms with E-state index in [1.165, 1.54) is 25.3 Å². The summed E-state index contributed by atoms with van der Waals surface area (Å²) in [6.07, 6.45) is -1.94. The van der Waals surface area contributed by atoms with Crippen LogP contribution in [0.3, 0.4) is 0 Å². The second-order valence-corrected chi connectivity index (χ2v) is 4.19. The van der Waals surface area contributed by atoms with Gasteiger partial charge in [0.15, 0.2) is 0 Å². The summed E-state index contributed by atoms with van der Waals surface area (Å²) < 4.78 is 4.92. The molecule has 1 aromatic carbocycles. The third-order valence-corrected chi connectivity index (χ3v) is 2.75. The molecule has 0 aromatic heterocycles. The molecule has 6 nitrogen and oxygen atoms in total. The van der Waals surface area contributed by atoms with E-state index in [0.717, 1.165) is 0 Å². The molecule has 0 amide bonds. The number of rotatable bonds is 6. The quantitative estimate of drug-likeness (QED) is 0.413. The number of nitro benzene ring substituents is 1. The lowest BCUT2D eigenvalue weighted by atomic mass is 10.0. The number of hydrogen-bond acceptors (Lipinski definition) is 6. The summed E-state index contributed by atoms with van der Waals surface area (Å²) in [5.74, 6) is 0.668. The van der Waals surface area contributed by atoms with Crippen molar-refractivity contribution in [3.05, 3.63) is 33.9 Å². The Bertz CT molecular complexity index is 426. The van der Waals surface area contributed by atoms with Crippen LogP contribution in [-0.2, 0) is 0 Å². The summed E-state index contributed by atoms with van der Waals surface area (Å²) >= 11 is 3.95. The summed E-state index contributed by atoms with van der Waals surface area (Å²) in [5, 5.41) is 30.3. The minimum atomic E-state index is -1.20. The lowest BCUT2D eigenvalue weighted by Crippen LogP contribution is -2.18. The van der Waals surface area contributed by atoms with Crippen LogP contribution in [0.1, 0.15) is 18.1 Å². The summed E-state index contributed by atoms with van der Waals surface area (Å²) in [4.78, 5) is 10.2. The van der Waals surface area contributed by atoms with E-state index in [2.05, 4.69) is 12.6 Å². The average molecular weight is 273 g/mol. The van der Waals surface area contributed by atoms with E-state index >= 15 is 0 Å². The third kappa shape index (κ3) is 3.59. The number of methoxy groups -OCH3 is 1. The van der Waals surface area contributed by atoms with E-state index in [1.54, 1.807) is 0 Å². The summed E-state index contributed by atoms with van der Waals surface area (Å²) in [6, 6.07) is 3.93. The van der Waals surface area contributed by atoms with Crippen LogP contribution in [-0.4, -0.2) is 34.1 Å². The monoisotopic (exact) mass is 273 g/mol. The van der Waals surface area contributed by atoms with Crippen molar-refractivity contribution in [2.75, 3.05) is 12.9 Å². The second-order valence-electron chi connectivity index (χ2n) is 3.75. The van der Waals surface area contributed by atoms with Gasteiger partial charge in [0, 0.05) is 6.07 Å². The van der Waals surface area contributed by atoms with Gasteiger partial charge in [0.1, 0.15) is 11.9 Å². The Hall–Kier alpha value is -1.31. The Morgan fingerprint density at radius 1 is 1.44 bits per heavy atom. The second kappa shape index (κ2) is 6.58. The fourth-order valence-electron chi connectivity index (χ4n) is 1.51. The lowest BCUT2D eigenvalue weighted by Gasteiger charge is -2.17. The molecule has 0 radical (unpaired) electrons. The highest BCUT2D eigenvalue weighted by Gasteiger charge is 2.21. The molecule has 0 saturated heterocycles. The summed E-state index contributed by atoms with van der Waals surface area (Å²) in [6.45, 7) is 0. The van der Waals surface area contributed by atoms with Gasteiger partial charge in [-0.25, -0.2) is 0 Å². The predicted molar refractivity (Wildman–Crippen MR) is 69.1 cm³/mol. The number of nitro groups is 1. The molecule has 0 fully saturated rings. The first-order valence-corrected chi connectivity index (χ1v) is 5.93. The molecule has 0 heterocycles. The fraction of sp³-hybridized carbons (Fsp3) is 0.455. The van der Waals surface area contributed by atoms with Crippen LogP contribution in [0.25, 0.3) is 0 Å². The fourth-order valence-corrected chi connectivity index (χ4v) is 1.78. The molecule has 0 aliphatic heterocycles. The van der Waals surface area contributed by atoms with Crippen molar-refractivity contribution in [3.63, 3.8) is 0 Å². The first-order chi connectivity index (χ1) is 8.49. The molecule has 0 aliphatic carbocycles. The molecule has 0 aliphatic rings. The van der Waals surface area contributed by atoms with Gasteiger partial charge >= 0.3 is 0 Å². The van der Waals surface area contributed by atoms with Crippen molar-refractivity contribution in [1.29, 1.82) is 0 Å². The van der Waals surface area contributed by atoms with Crippen LogP contribution >= 0.6 is 12.6 Å². The number of hydrogen-bond donors (Lipinski definition) is 3. The van der Waals surface area contributed by atoms with E-state index in [9.17, 15) is 20.3 Å². The maximum atomic E-state index is 10.7. The molecule has 100 valence electrons. The minimum absolute atomic E-state index is 0.193. The van der Waals surface area contributed by atoms with Crippen molar-refractivity contribution < 1.29 is 19.9 Å². The Morgan fingerprint density at radius 3 is 2.61 bits per heavy atom. The van der Waals surface area contributed by atoms with Crippen molar-refractivity contribution in [1.82, 2.24) is 0 Å². The highest BCUT2D eigenvalue weighted by molar-refractivity contribution is 7.80. The molecule has 2 atom stereocenters. The Morgan fingerprint density at radius 2 is 2.11 bits per heavy atom. The maximum Gasteiger partial charge on any atom is 0.273 e. The number of aliphatic hydroxyl groups excluding tert-OH is 2. The molecule has 0 bridgehead atoms. The number of aliphatic hydroxyl groups is 2. The molecule has 7 heteroatoms. The van der Waals surface area contributed by atoms with Crippen LogP contribution in [0.15, 0.2) is 18.2 Å². The minimum Gasteiger partial charge on any atom is -0.496 e. The zero-order valence-corrected chi connectivity index (χ0v) is 10.7. The SMILES string of the molecule is COc1cc(C(O)C(O)CCS)cc([N+](=O)[O-])c1. The molecular formula is C11H15NO5S. The highest BCUT2D eigenvalue weighted by atomic mass is 32.1. The summed E-state index contributed by atoms with van der Waals surface area (Å²) in [7, 11) is 1.37. The van der Waals surface area contributed by atoms with Gasteiger partial charge in [-0.15, -0.1) is 0 Å². The molecule has 2 N–H and O–H groups in total. The van der Waals surface area contributed by atoms with Crippen molar-refractivity contribution in [2.45, 2.75) is 18.6 Å². The first kappa shape index (κ1) is 14.7. The molecule has 1 rings (SSSR count). The van der Waals surface area contributed by atoms with Crippen LogP contribution < -0.4 is 4.74 Å². The summed E-state index contributed by atoms with van der Waals surface area (Å²) in [5.41, 5.74) is 0.0526. The number of non-ortho nitro benzene ring substituents is 1. The number of nitrogens with zero attached hydrogens (tertiary/aromatic N) is 1. The number of ether oxygens (including phenoxy) is 1. The van der Waals surface area contributed by atoms with Crippen LogP contribution in [0.4, 0.5) is 5.69 Å².